The molecule has 1 aliphatic rings. The lowest BCUT2D eigenvalue weighted by atomic mass is 9.95. The van der Waals surface area contributed by atoms with E-state index in [-0.39, 0.29) is 11.8 Å². The highest BCUT2D eigenvalue weighted by Crippen LogP contribution is 2.17. The van der Waals surface area contributed by atoms with E-state index in [0.29, 0.717) is 23.9 Å². The second-order valence-electron chi connectivity index (χ2n) is 4.89. The fourth-order valence-corrected chi connectivity index (χ4v) is 2.97. The number of nitrogens with one attached hydrogen (secondary N) is 2. The van der Waals surface area contributed by atoms with Crippen LogP contribution in [0.15, 0.2) is 17.5 Å². The molecule has 5 heteroatoms. The molecule has 0 bridgehead atoms. The van der Waals surface area contributed by atoms with Crippen LogP contribution in [0.2, 0.25) is 0 Å². The first-order valence-electron chi connectivity index (χ1n) is 6.87. The first kappa shape index (κ1) is 14.1. The highest BCUT2D eigenvalue weighted by atomic mass is 32.1. The molecule has 0 aromatic carbocycles. The van der Waals surface area contributed by atoms with E-state index < -0.39 is 0 Å². The van der Waals surface area contributed by atoms with Crippen LogP contribution in [0.5, 0.6) is 0 Å². The molecule has 2 N–H and O–H groups in total. The third kappa shape index (κ3) is 4.67. The molecule has 1 aliphatic carbocycles. The summed E-state index contributed by atoms with van der Waals surface area (Å²) >= 11 is 1.41. The summed E-state index contributed by atoms with van der Waals surface area (Å²) in [7, 11) is 0. The molecule has 4 nitrogen and oxygen atoms in total. The largest absolute Gasteiger partial charge is 0.353 e. The second kappa shape index (κ2) is 7.28. The Labute approximate surface area is 117 Å². The van der Waals surface area contributed by atoms with Gasteiger partial charge in [0.05, 0.1) is 4.88 Å². The average molecular weight is 280 g/mol. The van der Waals surface area contributed by atoms with Crippen molar-refractivity contribution < 1.29 is 9.59 Å². The molecule has 1 saturated carbocycles. The quantitative estimate of drug-likeness (QED) is 0.869. The predicted octanol–water partition coefficient (Wildman–Crippen LogP) is 2.32. The number of hydrogen-bond acceptors (Lipinski definition) is 3. The third-order valence-corrected chi connectivity index (χ3v) is 4.22. The third-order valence-electron chi connectivity index (χ3n) is 3.35. The van der Waals surface area contributed by atoms with Crippen LogP contribution in [0.4, 0.5) is 0 Å². The van der Waals surface area contributed by atoms with Crippen molar-refractivity contribution in [3.05, 3.63) is 22.4 Å². The highest BCUT2D eigenvalue weighted by Gasteiger charge is 2.15. The lowest BCUT2D eigenvalue weighted by Crippen LogP contribution is -2.38. The van der Waals surface area contributed by atoms with Gasteiger partial charge in [0.1, 0.15) is 0 Å². The van der Waals surface area contributed by atoms with Gasteiger partial charge in [-0.2, -0.15) is 0 Å². The Morgan fingerprint density at radius 1 is 1.26 bits per heavy atom. The summed E-state index contributed by atoms with van der Waals surface area (Å²) in [5, 5.41) is 7.67. The van der Waals surface area contributed by atoms with E-state index in [1.165, 1.54) is 30.6 Å². The van der Waals surface area contributed by atoms with Gasteiger partial charge in [-0.05, 0) is 24.3 Å². The number of carbonyl (C=O) groups excluding carboxylic acids is 2. The molecule has 0 radical (unpaired) electrons. The summed E-state index contributed by atoms with van der Waals surface area (Å²) < 4.78 is 0. The van der Waals surface area contributed by atoms with Gasteiger partial charge >= 0.3 is 0 Å². The second-order valence-corrected chi connectivity index (χ2v) is 5.83. The minimum Gasteiger partial charge on any atom is -0.353 e. The van der Waals surface area contributed by atoms with Crippen LogP contribution in [-0.2, 0) is 4.79 Å². The Morgan fingerprint density at radius 3 is 2.74 bits per heavy atom. The van der Waals surface area contributed by atoms with Crippen molar-refractivity contribution in [2.45, 2.75) is 44.6 Å². The fraction of sp³-hybridized carbons (Fsp3) is 0.571. The number of hydrogen-bond donors (Lipinski definition) is 2. The van der Waals surface area contributed by atoms with Crippen LogP contribution < -0.4 is 10.6 Å². The van der Waals surface area contributed by atoms with Gasteiger partial charge in [0, 0.05) is 19.0 Å². The number of thiophene rings is 1. The Balaban J connectivity index is 1.62. The zero-order valence-electron chi connectivity index (χ0n) is 11.0. The van der Waals surface area contributed by atoms with Crippen molar-refractivity contribution in [2.24, 2.45) is 0 Å². The zero-order chi connectivity index (χ0) is 13.5. The van der Waals surface area contributed by atoms with Crippen molar-refractivity contribution >= 4 is 23.2 Å². The number of amides is 2. The first-order chi connectivity index (χ1) is 9.25. The summed E-state index contributed by atoms with van der Waals surface area (Å²) in [5.41, 5.74) is 0. The van der Waals surface area contributed by atoms with Crippen molar-refractivity contribution in [3.63, 3.8) is 0 Å². The number of rotatable bonds is 5. The van der Waals surface area contributed by atoms with Crippen LogP contribution in [0, 0.1) is 0 Å². The van der Waals surface area contributed by atoms with Crippen molar-refractivity contribution in [1.29, 1.82) is 0 Å². The molecule has 1 aromatic rings. The molecule has 2 rings (SSSR count). The molecule has 1 heterocycles. The first-order valence-corrected chi connectivity index (χ1v) is 7.75. The van der Waals surface area contributed by atoms with Crippen LogP contribution in [0.1, 0.15) is 48.2 Å². The molecule has 2 amide bonds. The van der Waals surface area contributed by atoms with Crippen LogP contribution >= 0.6 is 11.3 Å². The molecule has 0 unspecified atom stereocenters. The van der Waals surface area contributed by atoms with Crippen molar-refractivity contribution in [2.75, 3.05) is 6.54 Å². The van der Waals surface area contributed by atoms with Crippen molar-refractivity contribution in [1.82, 2.24) is 10.6 Å². The SMILES string of the molecule is O=C(CCNC(=O)c1cccs1)NC1CCCCC1. The standard InChI is InChI=1S/C14H20N2O2S/c17-13(16-11-5-2-1-3-6-11)8-9-15-14(18)12-7-4-10-19-12/h4,7,10-11H,1-3,5-6,8-9H2,(H,15,18)(H,16,17). The lowest BCUT2D eigenvalue weighted by molar-refractivity contribution is -0.121. The Kier molecular flexibility index (Phi) is 5.39. The van der Waals surface area contributed by atoms with Gasteiger partial charge in [-0.3, -0.25) is 9.59 Å². The van der Waals surface area contributed by atoms with E-state index >= 15 is 0 Å². The molecule has 104 valence electrons. The molecular weight excluding hydrogens is 260 g/mol. The minimum atomic E-state index is -0.0968. The molecule has 19 heavy (non-hydrogen) atoms. The summed E-state index contributed by atoms with van der Waals surface area (Å²) in [6.07, 6.45) is 6.23. The molecule has 1 fully saturated rings. The topological polar surface area (TPSA) is 58.2 Å². The van der Waals surface area contributed by atoms with E-state index in [9.17, 15) is 9.59 Å². The van der Waals surface area contributed by atoms with Gasteiger partial charge in [-0.25, -0.2) is 0 Å². The molecule has 0 atom stereocenters. The average Bonchev–Trinajstić information content (AvgIpc) is 2.93. The van der Waals surface area contributed by atoms with Crippen LogP contribution in [0.3, 0.4) is 0 Å². The smallest absolute Gasteiger partial charge is 0.261 e. The van der Waals surface area contributed by atoms with Gasteiger partial charge in [0.15, 0.2) is 0 Å². The summed E-state index contributed by atoms with van der Waals surface area (Å²) in [4.78, 5) is 24.1. The summed E-state index contributed by atoms with van der Waals surface area (Å²) in [5.74, 6) is -0.0566. The highest BCUT2D eigenvalue weighted by molar-refractivity contribution is 7.12. The molecule has 0 aliphatic heterocycles. The van der Waals surface area contributed by atoms with Gasteiger partial charge < -0.3 is 10.6 Å². The normalized spacial score (nSPS) is 16.0. The van der Waals surface area contributed by atoms with E-state index in [1.807, 2.05) is 11.4 Å². The molecule has 0 saturated heterocycles. The van der Waals surface area contributed by atoms with Gasteiger partial charge in [-0.15, -0.1) is 11.3 Å². The van der Waals surface area contributed by atoms with Crippen molar-refractivity contribution in [3.8, 4) is 0 Å². The van der Waals surface area contributed by atoms with Gasteiger partial charge in [-0.1, -0.05) is 25.3 Å². The van der Waals surface area contributed by atoms with E-state index in [0.717, 1.165) is 12.8 Å². The lowest BCUT2D eigenvalue weighted by Gasteiger charge is -2.22. The van der Waals surface area contributed by atoms with E-state index in [4.69, 9.17) is 0 Å². The Morgan fingerprint density at radius 2 is 2.05 bits per heavy atom. The zero-order valence-corrected chi connectivity index (χ0v) is 11.8. The molecule has 0 spiro atoms. The Hall–Kier alpha value is -1.36. The molecule has 1 aromatic heterocycles. The Bertz CT molecular complexity index is 411. The maximum Gasteiger partial charge on any atom is 0.261 e. The summed E-state index contributed by atoms with van der Waals surface area (Å²) in [6.45, 7) is 0.398. The number of carbonyl (C=O) groups is 2. The molecular formula is C14H20N2O2S. The fourth-order valence-electron chi connectivity index (χ4n) is 2.33. The predicted molar refractivity (Wildman–Crippen MR) is 76.3 cm³/mol. The monoisotopic (exact) mass is 280 g/mol. The maximum atomic E-state index is 11.7. The summed E-state index contributed by atoms with van der Waals surface area (Å²) in [6, 6.07) is 3.96. The minimum absolute atomic E-state index is 0.0402. The maximum absolute atomic E-state index is 11.7. The van der Waals surface area contributed by atoms with Gasteiger partial charge in [0.25, 0.3) is 5.91 Å². The van der Waals surface area contributed by atoms with Crippen LogP contribution in [0.25, 0.3) is 0 Å². The van der Waals surface area contributed by atoms with Gasteiger partial charge in [0.2, 0.25) is 5.91 Å². The van der Waals surface area contributed by atoms with E-state index in [2.05, 4.69) is 10.6 Å². The van der Waals surface area contributed by atoms with Crippen LogP contribution in [-0.4, -0.2) is 24.4 Å². The van der Waals surface area contributed by atoms with E-state index in [1.54, 1.807) is 6.07 Å².